The summed E-state index contributed by atoms with van der Waals surface area (Å²) in [5.74, 6) is -0.277. The molecule has 3 aromatic rings. The maximum Gasteiger partial charge on any atom is 0.274 e. The molecule has 3 aromatic heterocycles. The van der Waals surface area contributed by atoms with Crippen molar-refractivity contribution in [3.8, 4) is 11.4 Å². The van der Waals surface area contributed by atoms with Crippen molar-refractivity contribution >= 4 is 11.6 Å². The summed E-state index contributed by atoms with van der Waals surface area (Å²) >= 11 is 0. The van der Waals surface area contributed by atoms with Crippen LogP contribution in [0.25, 0.3) is 11.4 Å². The van der Waals surface area contributed by atoms with Gasteiger partial charge in [0.15, 0.2) is 0 Å². The van der Waals surface area contributed by atoms with E-state index in [1.165, 1.54) is 0 Å². The molecule has 3 rings (SSSR count). The predicted octanol–water partition coefficient (Wildman–Crippen LogP) is 2.68. The molecular weight excluding hydrogens is 278 g/mol. The number of H-pyrrole nitrogens is 1. The topological polar surface area (TPSA) is 83.6 Å². The van der Waals surface area contributed by atoms with Crippen LogP contribution in [0.2, 0.25) is 0 Å². The van der Waals surface area contributed by atoms with Gasteiger partial charge in [-0.3, -0.25) is 19.9 Å². The highest BCUT2D eigenvalue weighted by molar-refractivity contribution is 6.04. The molecule has 0 saturated carbocycles. The molecule has 0 unspecified atom stereocenters. The number of anilines is 1. The molecule has 0 fully saturated rings. The van der Waals surface area contributed by atoms with Crippen LogP contribution in [-0.2, 0) is 6.42 Å². The number of aromatic amines is 1. The molecule has 0 spiro atoms. The summed E-state index contributed by atoms with van der Waals surface area (Å²) in [6, 6.07) is 9.17. The van der Waals surface area contributed by atoms with E-state index < -0.39 is 0 Å². The summed E-state index contributed by atoms with van der Waals surface area (Å²) in [7, 11) is 0. The molecule has 0 radical (unpaired) electrons. The Balaban J connectivity index is 1.81. The number of nitrogens with zero attached hydrogens (tertiary/aromatic N) is 3. The van der Waals surface area contributed by atoms with Crippen molar-refractivity contribution in [2.75, 3.05) is 5.32 Å². The Labute approximate surface area is 127 Å². The van der Waals surface area contributed by atoms with E-state index in [0.29, 0.717) is 22.8 Å². The largest absolute Gasteiger partial charge is 0.317 e. The van der Waals surface area contributed by atoms with Crippen LogP contribution in [0, 0.1) is 0 Å². The number of pyridine rings is 2. The van der Waals surface area contributed by atoms with Crippen LogP contribution in [0.4, 0.5) is 5.69 Å². The van der Waals surface area contributed by atoms with E-state index >= 15 is 0 Å². The van der Waals surface area contributed by atoms with Crippen LogP contribution in [0.3, 0.4) is 0 Å². The molecule has 110 valence electrons. The van der Waals surface area contributed by atoms with Crippen molar-refractivity contribution in [1.29, 1.82) is 0 Å². The molecule has 3 heterocycles. The van der Waals surface area contributed by atoms with Gasteiger partial charge in [0.2, 0.25) is 0 Å². The fraction of sp³-hybridized carbons (Fsp3) is 0.125. The van der Waals surface area contributed by atoms with Crippen molar-refractivity contribution in [3.05, 3.63) is 60.2 Å². The summed E-state index contributed by atoms with van der Waals surface area (Å²) in [6.07, 6.45) is 5.85. The molecular formula is C16H15N5O. The lowest BCUT2D eigenvalue weighted by molar-refractivity contribution is 0.102. The molecule has 6 nitrogen and oxygen atoms in total. The zero-order valence-corrected chi connectivity index (χ0v) is 12.1. The first-order valence-corrected chi connectivity index (χ1v) is 6.99. The van der Waals surface area contributed by atoms with Crippen LogP contribution in [-0.4, -0.2) is 26.1 Å². The standard InChI is InChI=1S/C16H15N5O/c1-2-11-6-7-13(18-9-11)16(22)20-14-10-19-21-15(14)12-5-3-4-8-17-12/h3-10H,2H2,1H3,(H,19,21)(H,20,22). The number of hydrogen-bond donors (Lipinski definition) is 2. The molecule has 0 atom stereocenters. The number of nitrogens with one attached hydrogen (secondary N) is 2. The average Bonchev–Trinajstić information content (AvgIpc) is 3.04. The number of carbonyl (C=O) groups excluding carboxylic acids is 1. The number of rotatable bonds is 4. The fourth-order valence-electron chi connectivity index (χ4n) is 2.04. The Bertz CT molecular complexity index is 765. The molecule has 22 heavy (non-hydrogen) atoms. The van der Waals surface area contributed by atoms with Crippen molar-refractivity contribution in [3.63, 3.8) is 0 Å². The summed E-state index contributed by atoms with van der Waals surface area (Å²) in [4.78, 5) is 20.7. The molecule has 0 bridgehead atoms. The highest BCUT2D eigenvalue weighted by Crippen LogP contribution is 2.23. The van der Waals surface area contributed by atoms with Crippen molar-refractivity contribution in [2.45, 2.75) is 13.3 Å². The second-order valence-electron chi connectivity index (χ2n) is 4.73. The third-order valence-corrected chi connectivity index (χ3v) is 3.27. The zero-order valence-electron chi connectivity index (χ0n) is 12.1. The highest BCUT2D eigenvalue weighted by atomic mass is 16.1. The summed E-state index contributed by atoms with van der Waals surface area (Å²) in [5, 5.41) is 9.63. The van der Waals surface area contributed by atoms with Crippen LogP contribution in [0.1, 0.15) is 23.0 Å². The van der Waals surface area contributed by atoms with E-state index in [0.717, 1.165) is 12.0 Å². The minimum absolute atomic E-state index is 0.277. The number of hydrogen-bond acceptors (Lipinski definition) is 4. The lowest BCUT2D eigenvalue weighted by atomic mass is 10.2. The predicted molar refractivity (Wildman–Crippen MR) is 83.4 cm³/mol. The van der Waals surface area contributed by atoms with Crippen molar-refractivity contribution in [2.24, 2.45) is 0 Å². The Hall–Kier alpha value is -3.02. The van der Waals surface area contributed by atoms with Gasteiger partial charge in [0, 0.05) is 12.4 Å². The second-order valence-corrected chi connectivity index (χ2v) is 4.73. The number of aryl methyl sites for hydroxylation is 1. The molecule has 6 heteroatoms. The first-order valence-electron chi connectivity index (χ1n) is 6.99. The third-order valence-electron chi connectivity index (χ3n) is 3.27. The van der Waals surface area contributed by atoms with E-state index in [9.17, 15) is 4.79 Å². The van der Waals surface area contributed by atoms with Crippen LogP contribution < -0.4 is 5.32 Å². The van der Waals surface area contributed by atoms with E-state index in [1.54, 1.807) is 24.7 Å². The minimum atomic E-state index is -0.277. The maximum absolute atomic E-state index is 12.3. The van der Waals surface area contributed by atoms with Gasteiger partial charge in [0.1, 0.15) is 11.4 Å². The molecule has 0 aromatic carbocycles. The summed E-state index contributed by atoms with van der Waals surface area (Å²) < 4.78 is 0. The van der Waals surface area contributed by atoms with Gasteiger partial charge >= 0.3 is 0 Å². The minimum Gasteiger partial charge on any atom is -0.317 e. The van der Waals surface area contributed by atoms with Crippen molar-refractivity contribution in [1.82, 2.24) is 20.2 Å². The van der Waals surface area contributed by atoms with E-state index in [1.807, 2.05) is 31.2 Å². The second kappa shape index (κ2) is 6.17. The molecule has 0 saturated heterocycles. The summed E-state index contributed by atoms with van der Waals surface area (Å²) in [6.45, 7) is 2.04. The monoisotopic (exact) mass is 293 g/mol. The van der Waals surface area contributed by atoms with Crippen LogP contribution in [0.15, 0.2) is 48.9 Å². The van der Waals surface area contributed by atoms with E-state index in [-0.39, 0.29) is 5.91 Å². The van der Waals surface area contributed by atoms with Gasteiger partial charge in [-0.25, -0.2) is 0 Å². The highest BCUT2D eigenvalue weighted by Gasteiger charge is 2.13. The summed E-state index contributed by atoms with van der Waals surface area (Å²) in [5.41, 5.74) is 3.41. The van der Waals surface area contributed by atoms with Gasteiger partial charge in [-0.05, 0) is 30.2 Å². The Morgan fingerprint density at radius 1 is 1.18 bits per heavy atom. The van der Waals surface area contributed by atoms with Crippen molar-refractivity contribution < 1.29 is 4.79 Å². The molecule has 0 aliphatic carbocycles. The number of carbonyl (C=O) groups is 1. The molecule has 1 amide bonds. The molecule has 2 N–H and O–H groups in total. The van der Waals surface area contributed by atoms with Gasteiger partial charge in [-0.2, -0.15) is 5.10 Å². The van der Waals surface area contributed by atoms with Gasteiger partial charge in [-0.1, -0.05) is 19.1 Å². The molecule has 0 aliphatic heterocycles. The van der Waals surface area contributed by atoms with Gasteiger partial charge in [-0.15, -0.1) is 0 Å². The van der Waals surface area contributed by atoms with Gasteiger partial charge in [0.25, 0.3) is 5.91 Å². The quantitative estimate of drug-likeness (QED) is 0.774. The normalized spacial score (nSPS) is 10.4. The first kappa shape index (κ1) is 13.9. The number of amides is 1. The zero-order chi connectivity index (χ0) is 15.4. The van der Waals surface area contributed by atoms with E-state index in [2.05, 4.69) is 25.5 Å². The Kier molecular flexibility index (Phi) is 3.91. The Morgan fingerprint density at radius 3 is 2.77 bits per heavy atom. The Morgan fingerprint density at radius 2 is 2.09 bits per heavy atom. The SMILES string of the molecule is CCc1ccc(C(=O)Nc2cn[nH]c2-c2ccccn2)nc1. The van der Waals surface area contributed by atoms with E-state index in [4.69, 9.17) is 0 Å². The van der Waals surface area contributed by atoms with Crippen LogP contribution in [0.5, 0.6) is 0 Å². The van der Waals surface area contributed by atoms with Gasteiger partial charge < -0.3 is 5.32 Å². The van der Waals surface area contributed by atoms with Gasteiger partial charge in [0.05, 0.1) is 17.6 Å². The lowest BCUT2D eigenvalue weighted by Crippen LogP contribution is -2.14. The molecule has 0 aliphatic rings. The smallest absolute Gasteiger partial charge is 0.274 e. The first-order chi connectivity index (χ1) is 10.8. The van der Waals surface area contributed by atoms with Crippen LogP contribution >= 0.6 is 0 Å². The number of aromatic nitrogens is 4. The maximum atomic E-state index is 12.3. The third kappa shape index (κ3) is 2.85. The average molecular weight is 293 g/mol. The fourth-order valence-corrected chi connectivity index (χ4v) is 2.04. The lowest BCUT2D eigenvalue weighted by Gasteiger charge is -2.05.